The van der Waals surface area contributed by atoms with Crippen LogP contribution >= 0.6 is 11.3 Å². The van der Waals surface area contributed by atoms with Crippen LogP contribution in [-0.2, 0) is 6.54 Å². The number of carbonyl (C=O) groups is 1. The van der Waals surface area contributed by atoms with Gasteiger partial charge in [-0.15, -0.1) is 11.3 Å². The first-order valence-corrected chi connectivity index (χ1v) is 7.27. The van der Waals surface area contributed by atoms with Crippen LogP contribution in [0.5, 0.6) is 5.88 Å². The lowest BCUT2D eigenvalue weighted by molar-refractivity contribution is 0.0942. The number of ether oxygens (including phenoxy) is 1. The monoisotopic (exact) mass is 299 g/mol. The lowest BCUT2D eigenvalue weighted by Crippen LogP contribution is -2.24. The first-order chi connectivity index (χ1) is 10.3. The fourth-order valence-electron chi connectivity index (χ4n) is 1.94. The molecule has 3 aromatic rings. The van der Waals surface area contributed by atoms with Crippen molar-refractivity contribution in [2.45, 2.75) is 6.54 Å². The first-order valence-electron chi connectivity index (χ1n) is 6.39. The predicted octanol–water partition coefficient (Wildman–Crippen LogP) is 2.63. The van der Waals surface area contributed by atoms with Crippen LogP contribution in [0.2, 0.25) is 0 Å². The number of hydrogen-bond donors (Lipinski definition) is 1. The summed E-state index contributed by atoms with van der Waals surface area (Å²) < 4.78 is 5.18. The maximum absolute atomic E-state index is 12.3. The lowest BCUT2D eigenvalue weighted by Gasteiger charge is -2.08. The summed E-state index contributed by atoms with van der Waals surface area (Å²) in [6.45, 7) is 0.466. The number of nitrogens with zero attached hydrogens (tertiary/aromatic N) is 2. The van der Waals surface area contributed by atoms with E-state index in [1.165, 1.54) is 7.11 Å². The largest absolute Gasteiger partial charge is 0.479 e. The normalized spacial score (nSPS) is 10.5. The number of rotatable bonds is 4. The number of aromatic nitrogens is 2. The third-order valence-electron chi connectivity index (χ3n) is 2.95. The van der Waals surface area contributed by atoms with Gasteiger partial charge < -0.3 is 10.1 Å². The summed E-state index contributed by atoms with van der Waals surface area (Å²) in [7, 11) is 1.48. The molecule has 0 atom stereocenters. The number of hydrogen-bond acceptors (Lipinski definition) is 5. The van der Waals surface area contributed by atoms with Gasteiger partial charge in [0.25, 0.3) is 5.91 Å². The molecule has 0 spiro atoms. The molecule has 0 fully saturated rings. The van der Waals surface area contributed by atoms with Crippen molar-refractivity contribution < 1.29 is 9.53 Å². The summed E-state index contributed by atoms with van der Waals surface area (Å²) in [4.78, 5) is 22.0. The second-order valence-electron chi connectivity index (χ2n) is 4.33. The Morgan fingerprint density at radius 2 is 1.95 bits per heavy atom. The van der Waals surface area contributed by atoms with Gasteiger partial charge in [0.05, 0.1) is 24.7 Å². The second-order valence-corrected chi connectivity index (χ2v) is 5.36. The zero-order valence-electron chi connectivity index (χ0n) is 11.4. The van der Waals surface area contributed by atoms with E-state index in [9.17, 15) is 4.79 Å². The van der Waals surface area contributed by atoms with Gasteiger partial charge in [0.1, 0.15) is 0 Å². The van der Waals surface area contributed by atoms with Gasteiger partial charge in [0, 0.05) is 4.88 Å². The Labute approximate surface area is 125 Å². The Balaban J connectivity index is 1.89. The molecule has 1 aromatic carbocycles. The van der Waals surface area contributed by atoms with Gasteiger partial charge in [0.2, 0.25) is 5.88 Å². The molecule has 21 heavy (non-hydrogen) atoms. The van der Waals surface area contributed by atoms with Crippen LogP contribution in [0.25, 0.3) is 11.0 Å². The van der Waals surface area contributed by atoms with E-state index in [-0.39, 0.29) is 17.5 Å². The molecule has 106 valence electrons. The summed E-state index contributed by atoms with van der Waals surface area (Å²) in [6, 6.07) is 11.3. The smallest absolute Gasteiger partial charge is 0.275 e. The van der Waals surface area contributed by atoms with Crippen LogP contribution in [0.3, 0.4) is 0 Å². The molecule has 0 saturated heterocycles. The van der Waals surface area contributed by atoms with Crippen molar-refractivity contribution >= 4 is 28.3 Å². The Morgan fingerprint density at radius 3 is 2.62 bits per heavy atom. The highest BCUT2D eigenvalue weighted by atomic mass is 32.1. The third kappa shape index (κ3) is 2.85. The summed E-state index contributed by atoms with van der Waals surface area (Å²) in [5, 5.41) is 4.80. The molecule has 0 aliphatic rings. The molecule has 5 nitrogen and oxygen atoms in total. The fraction of sp³-hybridized carbons (Fsp3) is 0.133. The van der Waals surface area contributed by atoms with E-state index < -0.39 is 0 Å². The van der Waals surface area contributed by atoms with E-state index in [2.05, 4.69) is 15.3 Å². The van der Waals surface area contributed by atoms with Crippen molar-refractivity contribution in [2.24, 2.45) is 0 Å². The first kappa shape index (κ1) is 13.5. The minimum absolute atomic E-state index is 0.202. The molecule has 0 aliphatic carbocycles. The van der Waals surface area contributed by atoms with Gasteiger partial charge in [-0.25, -0.2) is 9.97 Å². The van der Waals surface area contributed by atoms with E-state index in [1.807, 2.05) is 41.8 Å². The van der Waals surface area contributed by atoms with Gasteiger partial charge in [0.15, 0.2) is 5.69 Å². The van der Waals surface area contributed by atoms with Crippen molar-refractivity contribution in [1.82, 2.24) is 15.3 Å². The quantitative estimate of drug-likeness (QED) is 0.804. The highest BCUT2D eigenvalue weighted by Gasteiger charge is 2.17. The van der Waals surface area contributed by atoms with Gasteiger partial charge >= 0.3 is 0 Å². The average Bonchev–Trinajstić information content (AvgIpc) is 3.04. The van der Waals surface area contributed by atoms with Crippen molar-refractivity contribution in [1.29, 1.82) is 0 Å². The predicted molar refractivity (Wildman–Crippen MR) is 81.6 cm³/mol. The molecule has 0 aliphatic heterocycles. The molecule has 2 aromatic heterocycles. The summed E-state index contributed by atoms with van der Waals surface area (Å²) in [5.41, 5.74) is 1.57. The van der Waals surface area contributed by atoms with E-state index in [4.69, 9.17) is 4.74 Å². The number of fused-ring (bicyclic) bond motifs is 1. The third-order valence-corrected chi connectivity index (χ3v) is 3.83. The van der Waals surface area contributed by atoms with E-state index in [0.29, 0.717) is 17.6 Å². The number of nitrogens with one attached hydrogen (secondary N) is 1. The average molecular weight is 299 g/mol. The fourth-order valence-corrected chi connectivity index (χ4v) is 2.58. The summed E-state index contributed by atoms with van der Waals surface area (Å²) in [5.74, 6) is -0.0594. The molecule has 0 saturated carbocycles. The topological polar surface area (TPSA) is 64.1 Å². The number of thiophene rings is 1. The minimum atomic E-state index is -0.293. The Bertz CT molecular complexity index is 772. The molecular formula is C15H13N3O2S. The molecule has 0 unspecified atom stereocenters. The van der Waals surface area contributed by atoms with E-state index in [1.54, 1.807) is 11.3 Å². The molecule has 1 amide bonds. The zero-order valence-corrected chi connectivity index (χ0v) is 12.2. The van der Waals surface area contributed by atoms with Crippen LogP contribution in [0, 0.1) is 0 Å². The highest BCUT2D eigenvalue weighted by Crippen LogP contribution is 2.18. The SMILES string of the molecule is COc1nc2ccccc2nc1C(=O)NCc1cccs1. The molecule has 1 N–H and O–H groups in total. The summed E-state index contributed by atoms with van der Waals surface area (Å²) in [6.07, 6.45) is 0. The van der Waals surface area contributed by atoms with Crippen molar-refractivity contribution in [3.05, 3.63) is 52.3 Å². The van der Waals surface area contributed by atoms with Crippen LogP contribution in [-0.4, -0.2) is 23.0 Å². The van der Waals surface area contributed by atoms with E-state index >= 15 is 0 Å². The number of carbonyl (C=O) groups excluding carboxylic acids is 1. The Morgan fingerprint density at radius 1 is 1.19 bits per heavy atom. The molecular weight excluding hydrogens is 286 g/mol. The molecule has 6 heteroatoms. The Kier molecular flexibility index (Phi) is 3.79. The zero-order chi connectivity index (χ0) is 14.7. The van der Waals surface area contributed by atoms with Crippen molar-refractivity contribution in [2.75, 3.05) is 7.11 Å². The van der Waals surface area contributed by atoms with Gasteiger partial charge in [-0.3, -0.25) is 4.79 Å². The van der Waals surface area contributed by atoms with Crippen LogP contribution in [0.4, 0.5) is 0 Å². The summed E-state index contributed by atoms with van der Waals surface area (Å²) >= 11 is 1.59. The molecule has 0 radical (unpaired) electrons. The lowest BCUT2D eigenvalue weighted by atomic mass is 10.3. The minimum Gasteiger partial charge on any atom is -0.479 e. The highest BCUT2D eigenvalue weighted by molar-refractivity contribution is 7.09. The van der Waals surface area contributed by atoms with Crippen LogP contribution in [0.15, 0.2) is 41.8 Å². The molecule has 3 rings (SSSR count). The number of methoxy groups -OCH3 is 1. The number of para-hydroxylation sites is 2. The molecule has 0 bridgehead atoms. The van der Waals surface area contributed by atoms with Crippen LogP contribution in [0.1, 0.15) is 15.4 Å². The maximum atomic E-state index is 12.3. The van der Waals surface area contributed by atoms with Gasteiger partial charge in [-0.2, -0.15) is 0 Å². The van der Waals surface area contributed by atoms with Crippen molar-refractivity contribution in [3.63, 3.8) is 0 Å². The standard InChI is InChI=1S/C15H13N3O2S/c1-20-15-13(14(19)16-9-10-5-4-8-21-10)17-11-6-2-3-7-12(11)18-15/h2-8H,9H2,1H3,(H,16,19). The second kappa shape index (κ2) is 5.88. The van der Waals surface area contributed by atoms with Crippen molar-refractivity contribution in [3.8, 4) is 5.88 Å². The van der Waals surface area contributed by atoms with Crippen LogP contribution < -0.4 is 10.1 Å². The number of benzene rings is 1. The maximum Gasteiger partial charge on any atom is 0.275 e. The number of amides is 1. The Hall–Kier alpha value is -2.47. The van der Waals surface area contributed by atoms with E-state index in [0.717, 1.165) is 4.88 Å². The van der Waals surface area contributed by atoms with Gasteiger partial charge in [-0.1, -0.05) is 18.2 Å². The van der Waals surface area contributed by atoms with Gasteiger partial charge in [-0.05, 0) is 23.6 Å². The molecule has 2 heterocycles.